The topological polar surface area (TPSA) is 74.5 Å². The summed E-state index contributed by atoms with van der Waals surface area (Å²) in [6.45, 7) is 2.05. The molecule has 1 aromatic rings. The van der Waals surface area contributed by atoms with Crippen molar-refractivity contribution in [3.8, 4) is 11.5 Å². The predicted octanol–water partition coefficient (Wildman–Crippen LogP) is 1.96. The van der Waals surface area contributed by atoms with Crippen molar-refractivity contribution in [2.45, 2.75) is 61.7 Å². The van der Waals surface area contributed by atoms with Crippen LogP contribution < -0.4 is 4.74 Å². The van der Waals surface area contributed by atoms with Crippen LogP contribution in [0.1, 0.15) is 43.2 Å². The average molecular weight is 370 g/mol. The zero-order valence-corrected chi connectivity index (χ0v) is 15.6. The number of phenols is 1. The Bertz CT molecular complexity index is 851. The van der Waals surface area contributed by atoms with Gasteiger partial charge in [0.2, 0.25) is 0 Å². The van der Waals surface area contributed by atoms with Crippen molar-refractivity contribution in [2.75, 3.05) is 20.2 Å². The van der Waals surface area contributed by atoms with Gasteiger partial charge in [0.15, 0.2) is 17.6 Å². The van der Waals surface area contributed by atoms with Crippen molar-refractivity contribution in [1.29, 1.82) is 0 Å². The molecule has 0 radical (unpaired) electrons. The van der Waals surface area contributed by atoms with Gasteiger partial charge in [-0.05, 0) is 62.6 Å². The summed E-state index contributed by atoms with van der Waals surface area (Å²) in [5, 5.41) is 27.0. The van der Waals surface area contributed by atoms with E-state index in [1.165, 1.54) is 18.4 Å². The van der Waals surface area contributed by atoms with Crippen molar-refractivity contribution >= 4 is 5.71 Å². The SMILES string of the molecule is CO/N=C1\CCC2(O)C3Cc4ccc(O)c5c4C2(CCN3CC2CC2)[C@H]1O5. The molecule has 3 aliphatic carbocycles. The number of piperidine rings is 1. The maximum atomic E-state index is 12.2. The quantitative estimate of drug-likeness (QED) is 0.796. The number of phenolic OH excluding ortho intramolecular Hbond substituents is 1. The third-order valence-corrected chi connectivity index (χ3v) is 7.79. The molecule has 6 rings (SSSR count). The maximum absolute atomic E-state index is 12.2. The van der Waals surface area contributed by atoms with Gasteiger partial charge in [-0.15, -0.1) is 0 Å². The number of likely N-dealkylation sites (tertiary alicyclic amines) is 1. The predicted molar refractivity (Wildman–Crippen MR) is 99.2 cm³/mol. The Morgan fingerprint density at radius 3 is 2.96 bits per heavy atom. The van der Waals surface area contributed by atoms with Gasteiger partial charge in [-0.3, -0.25) is 4.90 Å². The molecule has 2 heterocycles. The highest BCUT2D eigenvalue weighted by atomic mass is 16.6. The van der Waals surface area contributed by atoms with Gasteiger partial charge in [-0.1, -0.05) is 11.2 Å². The Hall–Kier alpha value is -1.79. The molecule has 27 heavy (non-hydrogen) atoms. The van der Waals surface area contributed by atoms with E-state index in [2.05, 4.69) is 10.1 Å². The number of benzene rings is 1. The second-order valence-corrected chi connectivity index (χ2v) is 9.01. The maximum Gasteiger partial charge on any atom is 0.166 e. The second kappa shape index (κ2) is 5.17. The Balaban J connectivity index is 1.56. The largest absolute Gasteiger partial charge is 0.504 e. The molecule has 4 atom stereocenters. The van der Waals surface area contributed by atoms with E-state index in [0.29, 0.717) is 18.6 Å². The first kappa shape index (κ1) is 16.2. The lowest BCUT2D eigenvalue weighted by Gasteiger charge is -2.63. The molecule has 5 aliphatic rings. The molecule has 6 heteroatoms. The molecule has 1 saturated heterocycles. The molecular formula is C21H26N2O4. The number of nitrogens with zero attached hydrogens (tertiary/aromatic N) is 2. The summed E-state index contributed by atoms with van der Waals surface area (Å²) in [4.78, 5) is 7.64. The molecule has 3 fully saturated rings. The van der Waals surface area contributed by atoms with Crippen LogP contribution in [0.25, 0.3) is 0 Å². The van der Waals surface area contributed by atoms with Gasteiger partial charge >= 0.3 is 0 Å². The van der Waals surface area contributed by atoms with E-state index in [-0.39, 0.29) is 17.9 Å². The van der Waals surface area contributed by atoms with Crippen LogP contribution in [-0.2, 0) is 16.7 Å². The fourth-order valence-electron chi connectivity index (χ4n) is 6.49. The number of hydrogen-bond acceptors (Lipinski definition) is 6. The molecule has 144 valence electrons. The minimum absolute atomic E-state index is 0.102. The first-order valence-electron chi connectivity index (χ1n) is 10.2. The van der Waals surface area contributed by atoms with Gasteiger partial charge in [-0.25, -0.2) is 0 Å². The first-order chi connectivity index (χ1) is 13.1. The van der Waals surface area contributed by atoms with Crippen molar-refractivity contribution in [2.24, 2.45) is 11.1 Å². The number of aromatic hydroxyl groups is 1. The van der Waals surface area contributed by atoms with E-state index >= 15 is 0 Å². The lowest BCUT2D eigenvalue weighted by molar-refractivity contribution is -0.167. The Labute approximate surface area is 158 Å². The second-order valence-electron chi connectivity index (χ2n) is 9.01. The summed E-state index contributed by atoms with van der Waals surface area (Å²) in [6, 6.07) is 3.86. The van der Waals surface area contributed by atoms with E-state index in [1.54, 1.807) is 13.2 Å². The normalized spacial score (nSPS) is 40.6. The Morgan fingerprint density at radius 1 is 1.33 bits per heavy atom. The summed E-state index contributed by atoms with van der Waals surface area (Å²) in [5.41, 5.74) is 1.69. The van der Waals surface area contributed by atoms with Crippen molar-refractivity contribution in [3.05, 3.63) is 23.3 Å². The van der Waals surface area contributed by atoms with E-state index in [1.807, 2.05) is 6.07 Å². The minimum atomic E-state index is -0.858. The first-order valence-corrected chi connectivity index (χ1v) is 10.2. The van der Waals surface area contributed by atoms with Crippen LogP contribution in [0.3, 0.4) is 0 Å². The molecule has 1 spiro atoms. The number of oxime groups is 1. The molecule has 2 aliphatic heterocycles. The van der Waals surface area contributed by atoms with Gasteiger partial charge in [0.1, 0.15) is 7.11 Å². The van der Waals surface area contributed by atoms with Crippen molar-refractivity contribution < 1.29 is 19.8 Å². The summed E-state index contributed by atoms with van der Waals surface area (Å²) in [5.74, 6) is 1.51. The average Bonchev–Trinajstić information content (AvgIpc) is 3.39. The number of aliphatic hydroxyl groups is 1. The van der Waals surface area contributed by atoms with Crippen LogP contribution in [0, 0.1) is 5.92 Å². The molecule has 1 aromatic carbocycles. The van der Waals surface area contributed by atoms with Gasteiger partial charge < -0.3 is 19.8 Å². The van der Waals surface area contributed by atoms with Crippen LogP contribution in [0.15, 0.2) is 17.3 Å². The third-order valence-electron chi connectivity index (χ3n) is 7.79. The molecular weight excluding hydrogens is 344 g/mol. The van der Waals surface area contributed by atoms with Crippen LogP contribution in [0.4, 0.5) is 0 Å². The third kappa shape index (κ3) is 1.86. The smallest absolute Gasteiger partial charge is 0.166 e. The van der Waals surface area contributed by atoms with Crippen molar-refractivity contribution in [1.82, 2.24) is 4.90 Å². The molecule has 6 nitrogen and oxygen atoms in total. The molecule has 0 amide bonds. The molecule has 0 aromatic heterocycles. The van der Waals surface area contributed by atoms with Crippen LogP contribution in [0.5, 0.6) is 11.5 Å². The lowest BCUT2D eigenvalue weighted by atomic mass is 9.49. The zero-order valence-electron chi connectivity index (χ0n) is 15.6. The summed E-state index contributed by atoms with van der Waals surface area (Å²) < 4.78 is 6.33. The Morgan fingerprint density at radius 2 is 2.19 bits per heavy atom. The van der Waals surface area contributed by atoms with Gasteiger partial charge in [0.25, 0.3) is 0 Å². The fourth-order valence-corrected chi connectivity index (χ4v) is 6.49. The summed E-state index contributed by atoms with van der Waals surface area (Å²) >= 11 is 0. The van der Waals surface area contributed by atoms with Crippen molar-refractivity contribution in [3.63, 3.8) is 0 Å². The molecule has 3 unspecified atom stereocenters. The monoisotopic (exact) mass is 370 g/mol. The van der Waals surface area contributed by atoms with E-state index in [0.717, 1.165) is 43.1 Å². The molecule has 2 bridgehead atoms. The lowest BCUT2D eigenvalue weighted by Crippen LogP contribution is -2.76. The standard InChI is InChI=1S/C21H26N2O4/c1-26-22-14-6-7-21(25)16-10-13-4-5-15(24)18-17(13)20(21,19(14)27-18)8-9-23(16)11-12-2-3-12/h4-5,12,16,19,24-25H,2-3,6-11H2,1H3/b22-14+/t16?,19-,20?,21?/m0/s1. The van der Waals surface area contributed by atoms with Crippen LogP contribution in [-0.4, -0.2) is 58.8 Å². The van der Waals surface area contributed by atoms with Gasteiger partial charge in [-0.2, -0.15) is 0 Å². The Kier molecular flexibility index (Phi) is 3.10. The number of hydrogen-bond donors (Lipinski definition) is 2. The highest BCUT2D eigenvalue weighted by molar-refractivity contribution is 5.94. The number of ether oxygens (including phenoxy) is 1. The minimum Gasteiger partial charge on any atom is -0.504 e. The zero-order chi connectivity index (χ0) is 18.4. The van der Waals surface area contributed by atoms with Crippen LogP contribution >= 0.6 is 0 Å². The fraction of sp³-hybridized carbons (Fsp3) is 0.667. The highest BCUT2D eigenvalue weighted by Gasteiger charge is 2.72. The van der Waals surface area contributed by atoms with E-state index < -0.39 is 11.0 Å². The van der Waals surface area contributed by atoms with E-state index in [9.17, 15) is 10.2 Å². The molecule has 2 saturated carbocycles. The summed E-state index contributed by atoms with van der Waals surface area (Å²) in [6.07, 6.45) is 5.24. The highest BCUT2D eigenvalue weighted by Crippen LogP contribution is 2.65. The van der Waals surface area contributed by atoms with Crippen LogP contribution in [0.2, 0.25) is 0 Å². The molecule has 2 N–H and O–H groups in total. The number of rotatable bonds is 3. The van der Waals surface area contributed by atoms with E-state index in [4.69, 9.17) is 9.57 Å². The summed E-state index contributed by atoms with van der Waals surface area (Å²) in [7, 11) is 1.55. The van der Waals surface area contributed by atoms with Gasteiger partial charge in [0, 0.05) is 18.2 Å². The van der Waals surface area contributed by atoms with Gasteiger partial charge in [0.05, 0.1) is 16.7 Å².